The zero-order valence-electron chi connectivity index (χ0n) is 15.5. The van der Waals surface area contributed by atoms with E-state index in [1.165, 1.54) is 0 Å². The van der Waals surface area contributed by atoms with Crippen molar-refractivity contribution in [2.45, 2.75) is 25.9 Å². The lowest BCUT2D eigenvalue weighted by atomic mass is 10.1. The van der Waals surface area contributed by atoms with Gasteiger partial charge in [0, 0.05) is 13.1 Å². The smallest absolute Gasteiger partial charge is 0.365 e. The Bertz CT molecular complexity index is 961. The van der Waals surface area contributed by atoms with Crippen molar-refractivity contribution in [2.75, 3.05) is 20.1 Å². The minimum absolute atomic E-state index is 0.221. The number of aryl methyl sites for hydroxylation is 1. The van der Waals surface area contributed by atoms with Crippen molar-refractivity contribution in [2.24, 2.45) is 0 Å². The number of benzene rings is 2. The topological polar surface area (TPSA) is 69.5 Å². The summed E-state index contributed by atoms with van der Waals surface area (Å²) >= 11 is 0. The fourth-order valence-electron chi connectivity index (χ4n) is 3.24. The molecule has 2 heterocycles. The summed E-state index contributed by atoms with van der Waals surface area (Å²) in [4.78, 5) is 21.3. The second-order valence-corrected chi connectivity index (χ2v) is 6.93. The predicted molar refractivity (Wildman–Crippen MR) is 101 cm³/mol. The molecular formula is C20H22N4O3. The van der Waals surface area contributed by atoms with Crippen LogP contribution in [0, 0.1) is 6.92 Å². The van der Waals surface area contributed by atoms with Gasteiger partial charge in [-0.1, -0.05) is 17.0 Å². The summed E-state index contributed by atoms with van der Waals surface area (Å²) in [5.74, 6) is 0.326. The van der Waals surface area contributed by atoms with Crippen LogP contribution in [0.25, 0.3) is 11.0 Å². The summed E-state index contributed by atoms with van der Waals surface area (Å²) in [7, 11) is 2.13. The molecule has 4 rings (SSSR count). The molecule has 1 aliphatic heterocycles. The number of para-hydroxylation sites is 1. The Morgan fingerprint density at radius 3 is 2.70 bits per heavy atom. The van der Waals surface area contributed by atoms with E-state index in [-0.39, 0.29) is 6.10 Å². The summed E-state index contributed by atoms with van der Waals surface area (Å²) < 4.78 is 6.13. The maximum atomic E-state index is 12.5. The highest BCUT2D eigenvalue weighted by Crippen LogP contribution is 2.24. The number of aromatic nitrogens is 3. The van der Waals surface area contributed by atoms with Crippen molar-refractivity contribution < 1.29 is 14.4 Å². The quantitative estimate of drug-likeness (QED) is 0.661. The number of hydrogen-bond acceptors (Lipinski definition) is 6. The van der Waals surface area contributed by atoms with Crippen molar-refractivity contribution in [1.29, 1.82) is 0 Å². The number of ether oxygens (including phenoxy) is 1. The van der Waals surface area contributed by atoms with Crippen LogP contribution >= 0.6 is 0 Å². The normalized spacial score (nSPS) is 15.8. The van der Waals surface area contributed by atoms with E-state index in [0.29, 0.717) is 16.6 Å². The molecule has 0 spiro atoms. The molecule has 1 aliphatic rings. The highest BCUT2D eigenvalue weighted by molar-refractivity contribution is 5.90. The molecule has 1 aromatic heterocycles. The summed E-state index contributed by atoms with van der Waals surface area (Å²) in [6.45, 7) is 4.02. The third-order valence-electron chi connectivity index (χ3n) is 4.86. The Hall–Kier alpha value is -2.93. The Kier molecular flexibility index (Phi) is 4.77. The zero-order valence-corrected chi connectivity index (χ0v) is 15.5. The Balaban J connectivity index is 1.46. The molecule has 0 atom stereocenters. The van der Waals surface area contributed by atoms with Crippen molar-refractivity contribution in [3.05, 3.63) is 53.6 Å². The second-order valence-electron chi connectivity index (χ2n) is 6.93. The van der Waals surface area contributed by atoms with E-state index >= 15 is 0 Å². The fourth-order valence-corrected chi connectivity index (χ4v) is 3.24. The van der Waals surface area contributed by atoms with Crippen LogP contribution in [0.1, 0.15) is 28.8 Å². The molecule has 27 heavy (non-hydrogen) atoms. The molecule has 7 heteroatoms. The molecule has 0 aliphatic carbocycles. The number of hydrogen-bond donors (Lipinski definition) is 0. The van der Waals surface area contributed by atoms with E-state index in [9.17, 15) is 4.79 Å². The predicted octanol–water partition coefficient (Wildman–Crippen LogP) is 2.48. The van der Waals surface area contributed by atoms with Gasteiger partial charge in [-0.3, -0.25) is 0 Å². The van der Waals surface area contributed by atoms with Gasteiger partial charge in [0.05, 0.1) is 5.56 Å². The molecule has 3 aromatic rings. The summed E-state index contributed by atoms with van der Waals surface area (Å²) in [5, 5.41) is 7.86. The van der Waals surface area contributed by atoms with Crippen molar-refractivity contribution in [1.82, 2.24) is 20.1 Å². The van der Waals surface area contributed by atoms with E-state index in [0.717, 1.165) is 42.1 Å². The molecule has 0 radical (unpaired) electrons. The van der Waals surface area contributed by atoms with Gasteiger partial charge in [0.25, 0.3) is 0 Å². The molecule has 0 unspecified atom stereocenters. The minimum atomic E-state index is -0.486. The van der Waals surface area contributed by atoms with Gasteiger partial charge in [-0.05, 0) is 67.9 Å². The van der Waals surface area contributed by atoms with Gasteiger partial charge in [0.15, 0.2) is 0 Å². The number of carbonyl (C=O) groups is 1. The standard InChI is InChI=1S/C20H22N4O3/c1-14-13-15(7-8-19(14)26-16-9-11-23(2)12-10-16)20(25)27-24-18-6-4-3-5-17(18)21-22-24/h3-8,13,16H,9-12H2,1-2H3. The van der Waals surface area contributed by atoms with Gasteiger partial charge in [-0.25, -0.2) is 4.79 Å². The van der Waals surface area contributed by atoms with Crippen LogP contribution in [-0.2, 0) is 0 Å². The molecule has 7 nitrogen and oxygen atoms in total. The lowest BCUT2D eigenvalue weighted by molar-refractivity contribution is 0.0408. The number of carbonyl (C=O) groups excluding carboxylic acids is 1. The molecule has 0 bridgehead atoms. The third-order valence-corrected chi connectivity index (χ3v) is 4.86. The maximum Gasteiger partial charge on any atom is 0.365 e. The van der Waals surface area contributed by atoms with E-state index in [4.69, 9.17) is 9.57 Å². The largest absolute Gasteiger partial charge is 0.490 e. The minimum Gasteiger partial charge on any atom is -0.490 e. The summed E-state index contributed by atoms with van der Waals surface area (Å²) in [6, 6.07) is 12.7. The number of piperidine rings is 1. The molecular weight excluding hydrogens is 344 g/mol. The molecule has 0 amide bonds. The number of nitrogens with zero attached hydrogens (tertiary/aromatic N) is 4. The van der Waals surface area contributed by atoms with Gasteiger partial charge in [-0.15, -0.1) is 5.10 Å². The Labute approximate surface area is 157 Å². The first-order valence-corrected chi connectivity index (χ1v) is 9.09. The summed E-state index contributed by atoms with van der Waals surface area (Å²) in [5.41, 5.74) is 2.67. The van der Waals surface area contributed by atoms with Gasteiger partial charge < -0.3 is 14.5 Å². The van der Waals surface area contributed by atoms with E-state index in [2.05, 4.69) is 22.3 Å². The van der Waals surface area contributed by atoms with Crippen LogP contribution in [0.15, 0.2) is 42.5 Å². The summed E-state index contributed by atoms with van der Waals surface area (Å²) in [6.07, 6.45) is 2.25. The zero-order chi connectivity index (χ0) is 18.8. The average molecular weight is 366 g/mol. The number of likely N-dealkylation sites (tertiary alicyclic amines) is 1. The monoisotopic (exact) mass is 366 g/mol. The van der Waals surface area contributed by atoms with Gasteiger partial charge in [0.2, 0.25) is 0 Å². The highest BCUT2D eigenvalue weighted by atomic mass is 16.7. The molecule has 0 saturated carbocycles. The van der Waals surface area contributed by atoms with Crippen LogP contribution < -0.4 is 9.57 Å². The average Bonchev–Trinajstić information content (AvgIpc) is 3.08. The van der Waals surface area contributed by atoms with Crippen molar-refractivity contribution in [3.8, 4) is 5.75 Å². The SMILES string of the molecule is Cc1cc(C(=O)On2nnc3ccccc32)ccc1OC1CCN(C)CC1. The molecule has 2 aromatic carbocycles. The second kappa shape index (κ2) is 7.36. The maximum absolute atomic E-state index is 12.5. The third kappa shape index (κ3) is 3.78. The Morgan fingerprint density at radius 1 is 1.15 bits per heavy atom. The molecule has 140 valence electrons. The molecule has 1 saturated heterocycles. The fraction of sp³-hybridized carbons (Fsp3) is 0.350. The van der Waals surface area contributed by atoms with Crippen molar-refractivity contribution in [3.63, 3.8) is 0 Å². The lowest BCUT2D eigenvalue weighted by Crippen LogP contribution is -2.35. The van der Waals surface area contributed by atoms with Gasteiger partial charge >= 0.3 is 5.97 Å². The van der Waals surface area contributed by atoms with Gasteiger partial charge in [0.1, 0.15) is 22.9 Å². The van der Waals surface area contributed by atoms with Crippen LogP contribution in [0.4, 0.5) is 0 Å². The first-order valence-electron chi connectivity index (χ1n) is 9.09. The van der Waals surface area contributed by atoms with E-state index in [1.807, 2.05) is 31.2 Å². The van der Waals surface area contributed by atoms with Crippen LogP contribution in [0.3, 0.4) is 0 Å². The van der Waals surface area contributed by atoms with Crippen LogP contribution in [-0.4, -0.2) is 52.3 Å². The number of rotatable bonds is 4. The van der Waals surface area contributed by atoms with Crippen LogP contribution in [0.5, 0.6) is 5.75 Å². The lowest BCUT2D eigenvalue weighted by Gasteiger charge is -2.29. The van der Waals surface area contributed by atoms with E-state index in [1.54, 1.807) is 18.2 Å². The first-order chi connectivity index (χ1) is 13.1. The number of fused-ring (bicyclic) bond motifs is 1. The Morgan fingerprint density at radius 2 is 1.93 bits per heavy atom. The molecule has 1 fully saturated rings. The van der Waals surface area contributed by atoms with Gasteiger partial charge in [-0.2, -0.15) is 0 Å². The first kappa shape index (κ1) is 17.5. The van der Waals surface area contributed by atoms with E-state index < -0.39 is 5.97 Å². The highest BCUT2D eigenvalue weighted by Gasteiger charge is 2.19. The molecule has 0 N–H and O–H groups in total. The van der Waals surface area contributed by atoms with Crippen molar-refractivity contribution >= 4 is 17.0 Å². The van der Waals surface area contributed by atoms with Crippen LogP contribution in [0.2, 0.25) is 0 Å².